The fourth-order valence-corrected chi connectivity index (χ4v) is 1.25. The first-order valence-corrected chi connectivity index (χ1v) is 5.21. The molecular weight excluding hydrogens is 269 g/mol. The molecule has 0 spiro atoms. The minimum Gasteiger partial charge on any atom is -0.0961 e. The van der Waals surface area contributed by atoms with Crippen LogP contribution >= 0.6 is 0 Å². The van der Waals surface area contributed by atoms with Crippen LogP contribution in [0.3, 0.4) is 0 Å². The Morgan fingerprint density at radius 2 is 2.00 bits per heavy atom. The Balaban J connectivity index is 0. The smallest absolute Gasteiger partial charge is 0 e. The second-order valence-corrected chi connectivity index (χ2v) is 3.88. The summed E-state index contributed by atoms with van der Waals surface area (Å²) in [4.78, 5) is 0. The molecule has 1 heteroatoms. The number of rotatable bonds is 2. The van der Waals surface area contributed by atoms with Crippen molar-refractivity contribution in [2.24, 2.45) is 0 Å². The maximum Gasteiger partial charge on any atom is 0 e. The summed E-state index contributed by atoms with van der Waals surface area (Å²) < 4.78 is 0. The first kappa shape index (κ1) is 17.0. The van der Waals surface area contributed by atoms with Gasteiger partial charge in [-0.15, -0.1) is 0 Å². The molecule has 0 radical (unpaired) electrons. The van der Waals surface area contributed by atoms with Crippen molar-refractivity contribution in [2.45, 2.75) is 40.5 Å². The van der Waals surface area contributed by atoms with Gasteiger partial charge in [-0.05, 0) is 33.6 Å². The second-order valence-electron chi connectivity index (χ2n) is 3.88. The van der Waals surface area contributed by atoms with Crippen LogP contribution in [0.4, 0.5) is 0 Å². The van der Waals surface area contributed by atoms with Crippen LogP contribution in [-0.4, -0.2) is 0 Å². The van der Waals surface area contributed by atoms with E-state index in [-0.39, 0.29) is 19.5 Å². The molecule has 1 aliphatic carbocycles. The van der Waals surface area contributed by atoms with Crippen molar-refractivity contribution in [3.8, 4) is 0 Å². The van der Waals surface area contributed by atoms with E-state index in [2.05, 4.69) is 51.7 Å². The Labute approximate surface area is 108 Å². The number of allylic oxidation sites excluding steroid dienone is 7. The fourth-order valence-electron chi connectivity index (χ4n) is 1.25. The van der Waals surface area contributed by atoms with E-state index in [9.17, 15) is 0 Å². The van der Waals surface area contributed by atoms with E-state index < -0.39 is 0 Å². The molecule has 0 fully saturated rings. The average molecular weight is 291 g/mol. The van der Waals surface area contributed by atoms with Crippen LogP contribution in [0.5, 0.6) is 0 Å². The molecule has 0 aliphatic heterocycles. The van der Waals surface area contributed by atoms with Crippen LogP contribution in [0.15, 0.2) is 47.6 Å². The van der Waals surface area contributed by atoms with Crippen molar-refractivity contribution in [3.63, 3.8) is 0 Å². The van der Waals surface area contributed by atoms with Crippen molar-refractivity contribution < 1.29 is 19.5 Å². The van der Waals surface area contributed by atoms with Gasteiger partial charge in [0, 0.05) is 19.5 Å². The van der Waals surface area contributed by atoms with E-state index in [0.29, 0.717) is 0 Å². The number of hydrogen-bond donors (Lipinski definition) is 0. The van der Waals surface area contributed by atoms with Gasteiger partial charge >= 0.3 is 0 Å². The Kier molecular flexibility index (Phi) is 11.5. The van der Waals surface area contributed by atoms with Gasteiger partial charge in [0.2, 0.25) is 0 Å². The SMILES string of the molecule is C=C(C)C=C(C)C.CCC1=CC=CC1.[Ru]. The number of hydrogen-bond acceptors (Lipinski definition) is 0. The molecule has 0 atom stereocenters. The predicted molar refractivity (Wildman–Crippen MR) is 66.4 cm³/mol. The van der Waals surface area contributed by atoms with E-state index >= 15 is 0 Å². The van der Waals surface area contributed by atoms with Gasteiger partial charge in [-0.1, -0.05) is 54.5 Å². The quantitative estimate of drug-likeness (QED) is 0.506. The Morgan fingerprint density at radius 1 is 1.40 bits per heavy atom. The van der Waals surface area contributed by atoms with Crippen LogP contribution in [0, 0.1) is 0 Å². The van der Waals surface area contributed by atoms with E-state index in [1.165, 1.54) is 18.4 Å². The normalized spacial score (nSPS) is 11.9. The zero-order valence-electron chi connectivity index (χ0n) is 10.3. The van der Waals surface area contributed by atoms with Crippen molar-refractivity contribution in [1.82, 2.24) is 0 Å². The third kappa shape index (κ3) is 11.5. The maximum atomic E-state index is 3.72. The summed E-state index contributed by atoms with van der Waals surface area (Å²) in [5, 5.41) is 0. The second kappa shape index (κ2) is 10.1. The zero-order valence-corrected chi connectivity index (χ0v) is 12.0. The Morgan fingerprint density at radius 3 is 2.13 bits per heavy atom. The molecular formula is C14H22Ru. The molecule has 0 N–H and O–H groups in total. The van der Waals surface area contributed by atoms with Crippen LogP contribution < -0.4 is 0 Å². The average Bonchev–Trinajstić information content (AvgIpc) is 2.53. The molecule has 0 aromatic rings. The molecule has 0 bridgehead atoms. The first-order chi connectivity index (χ1) is 6.56. The zero-order chi connectivity index (χ0) is 11.0. The van der Waals surface area contributed by atoms with E-state index in [0.717, 1.165) is 5.57 Å². The van der Waals surface area contributed by atoms with Crippen molar-refractivity contribution in [1.29, 1.82) is 0 Å². The van der Waals surface area contributed by atoms with Crippen molar-refractivity contribution in [2.75, 3.05) is 0 Å². The third-order valence-corrected chi connectivity index (χ3v) is 1.84. The van der Waals surface area contributed by atoms with Gasteiger partial charge in [-0.25, -0.2) is 0 Å². The van der Waals surface area contributed by atoms with E-state index in [4.69, 9.17) is 0 Å². The van der Waals surface area contributed by atoms with Gasteiger partial charge in [0.1, 0.15) is 0 Å². The van der Waals surface area contributed by atoms with Gasteiger partial charge in [0.15, 0.2) is 0 Å². The maximum absolute atomic E-state index is 3.72. The molecule has 0 aromatic heterocycles. The predicted octanol–water partition coefficient (Wildman–Crippen LogP) is 4.81. The summed E-state index contributed by atoms with van der Waals surface area (Å²) >= 11 is 0. The van der Waals surface area contributed by atoms with Crippen LogP contribution in [0.1, 0.15) is 40.5 Å². The Hall–Kier alpha value is -0.417. The van der Waals surface area contributed by atoms with Crippen molar-refractivity contribution >= 4 is 0 Å². The van der Waals surface area contributed by atoms with Gasteiger partial charge in [-0.2, -0.15) is 0 Å². The molecule has 0 amide bonds. The molecule has 1 rings (SSSR count). The van der Waals surface area contributed by atoms with Crippen LogP contribution in [0.2, 0.25) is 0 Å². The summed E-state index contributed by atoms with van der Waals surface area (Å²) in [6, 6.07) is 0. The standard InChI is InChI=1S/C7H10.C7H12.Ru/c1-2-7-5-3-4-6-7;1-6(2)5-7(3)4;/h3-5H,2,6H2,1H3;5H,1H2,2-4H3;. The third-order valence-electron chi connectivity index (χ3n) is 1.84. The molecule has 0 heterocycles. The van der Waals surface area contributed by atoms with Gasteiger partial charge in [-0.3, -0.25) is 0 Å². The molecule has 86 valence electrons. The monoisotopic (exact) mass is 292 g/mol. The van der Waals surface area contributed by atoms with Gasteiger partial charge < -0.3 is 0 Å². The van der Waals surface area contributed by atoms with E-state index in [1.54, 1.807) is 5.57 Å². The molecule has 0 unspecified atom stereocenters. The van der Waals surface area contributed by atoms with Crippen molar-refractivity contribution in [3.05, 3.63) is 47.6 Å². The largest absolute Gasteiger partial charge is 0.0961 e. The first-order valence-electron chi connectivity index (χ1n) is 5.21. The molecule has 0 saturated carbocycles. The summed E-state index contributed by atoms with van der Waals surface area (Å²) in [7, 11) is 0. The summed E-state index contributed by atoms with van der Waals surface area (Å²) in [5.41, 5.74) is 3.99. The minimum absolute atomic E-state index is 0. The molecule has 0 nitrogen and oxygen atoms in total. The summed E-state index contributed by atoms with van der Waals surface area (Å²) in [6.07, 6.45) is 11.0. The van der Waals surface area contributed by atoms with Gasteiger partial charge in [0.25, 0.3) is 0 Å². The molecule has 15 heavy (non-hydrogen) atoms. The van der Waals surface area contributed by atoms with E-state index in [1.807, 2.05) is 6.92 Å². The van der Waals surface area contributed by atoms with Crippen LogP contribution in [-0.2, 0) is 19.5 Å². The molecule has 0 aromatic carbocycles. The summed E-state index contributed by atoms with van der Waals surface area (Å²) in [6.45, 7) is 12.0. The topological polar surface area (TPSA) is 0 Å². The van der Waals surface area contributed by atoms with Crippen LogP contribution in [0.25, 0.3) is 0 Å². The minimum atomic E-state index is 0. The fraction of sp³-hybridized carbons (Fsp3) is 0.429. The molecule has 0 saturated heterocycles. The molecule has 1 aliphatic rings. The Bertz CT molecular complexity index is 263. The summed E-state index contributed by atoms with van der Waals surface area (Å²) in [5.74, 6) is 0. The van der Waals surface area contributed by atoms with Gasteiger partial charge in [0.05, 0.1) is 0 Å².